The molecule has 0 aromatic carbocycles. The first-order chi connectivity index (χ1) is 8.98. The molecule has 1 rings (SSSR count). The van der Waals surface area contributed by atoms with Crippen molar-refractivity contribution in [2.24, 2.45) is 5.92 Å². The van der Waals surface area contributed by atoms with Gasteiger partial charge in [0.05, 0.1) is 5.25 Å². The highest BCUT2D eigenvalue weighted by Gasteiger charge is 2.27. The molecule has 19 heavy (non-hydrogen) atoms. The molecule has 5 heteroatoms. The van der Waals surface area contributed by atoms with E-state index in [0.29, 0.717) is 19.0 Å². The molecule has 0 aromatic rings. The Hall–Kier alpha value is -0.130. The summed E-state index contributed by atoms with van der Waals surface area (Å²) in [5, 5.41) is 2.85. The van der Waals surface area contributed by atoms with Crippen molar-refractivity contribution in [1.29, 1.82) is 0 Å². The minimum absolute atomic E-state index is 0.340. The number of nitrogens with one attached hydrogen (secondary N) is 1. The molecule has 1 aliphatic rings. The molecule has 114 valence electrons. The number of hydrogen-bond acceptors (Lipinski definition) is 3. The van der Waals surface area contributed by atoms with Gasteiger partial charge < -0.3 is 5.32 Å². The Bertz CT molecular complexity index is 337. The molecule has 0 saturated heterocycles. The highest BCUT2D eigenvalue weighted by Crippen LogP contribution is 2.25. The van der Waals surface area contributed by atoms with Gasteiger partial charge in [0.15, 0.2) is 0 Å². The average molecular weight is 290 g/mol. The Morgan fingerprint density at radius 3 is 2.47 bits per heavy atom. The minimum atomic E-state index is -3.15. The maximum atomic E-state index is 12.4. The number of nitrogens with zero attached hydrogens (tertiary/aromatic N) is 1. The highest BCUT2D eigenvalue weighted by molar-refractivity contribution is 7.89. The van der Waals surface area contributed by atoms with Crippen LogP contribution in [0.4, 0.5) is 0 Å². The van der Waals surface area contributed by atoms with Crippen LogP contribution in [-0.2, 0) is 10.0 Å². The second-order valence-electron chi connectivity index (χ2n) is 5.84. The first kappa shape index (κ1) is 16.9. The van der Waals surface area contributed by atoms with Crippen LogP contribution in [0.25, 0.3) is 0 Å². The van der Waals surface area contributed by atoms with E-state index in [1.165, 1.54) is 32.1 Å². The molecule has 0 amide bonds. The van der Waals surface area contributed by atoms with Crippen LogP contribution < -0.4 is 5.32 Å². The van der Waals surface area contributed by atoms with Crippen LogP contribution in [-0.4, -0.2) is 44.7 Å². The van der Waals surface area contributed by atoms with Crippen LogP contribution in [0.3, 0.4) is 0 Å². The van der Waals surface area contributed by atoms with Gasteiger partial charge in [0.2, 0.25) is 10.0 Å². The van der Waals surface area contributed by atoms with Crippen LogP contribution in [0.5, 0.6) is 0 Å². The largest absolute Gasteiger partial charge is 0.315 e. The Morgan fingerprint density at radius 2 is 1.89 bits per heavy atom. The molecule has 1 saturated carbocycles. The molecular formula is C14H30N2O2S. The van der Waals surface area contributed by atoms with Gasteiger partial charge in [-0.05, 0) is 38.6 Å². The summed E-state index contributed by atoms with van der Waals surface area (Å²) in [6.45, 7) is 6.01. The first-order valence-corrected chi connectivity index (χ1v) is 9.14. The maximum Gasteiger partial charge on any atom is 0.217 e. The van der Waals surface area contributed by atoms with Crippen molar-refractivity contribution >= 4 is 10.0 Å². The van der Waals surface area contributed by atoms with Crippen molar-refractivity contribution in [3.05, 3.63) is 0 Å². The third-order valence-corrected chi connectivity index (χ3v) is 6.24. The summed E-state index contributed by atoms with van der Waals surface area (Å²) < 4.78 is 26.4. The zero-order chi connectivity index (χ0) is 14.3. The van der Waals surface area contributed by atoms with E-state index in [4.69, 9.17) is 0 Å². The van der Waals surface area contributed by atoms with Crippen LogP contribution >= 0.6 is 0 Å². The van der Waals surface area contributed by atoms with Crippen LogP contribution in [0.1, 0.15) is 52.4 Å². The van der Waals surface area contributed by atoms with Crippen molar-refractivity contribution in [2.75, 3.05) is 26.7 Å². The molecule has 4 nitrogen and oxygen atoms in total. The fourth-order valence-corrected chi connectivity index (χ4v) is 4.09. The lowest BCUT2D eigenvalue weighted by Gasteiger charge is -2.28. The normalized spacial score (nSPS) is 19.8. The molecule has 0 bridgehead atoms. The third kappa shape index (κ3) is 5.40. The summed E-state index contributed by atoms with van der Waals surface area (Å²) in [5.74, 6) is 0.560. The molecule has 0 heterocycles. The quantitative estimate of drug-likeness (QED) is 0.697. The predicted octanol–water partition coefficient (Wildman–Crippen LogP) is 2.22. The minimum Gasteiger partial charge on any atom is -0.315 e. The lowest BCUT2D eigenvalue weighted by atomic mass is 9.89. The van der Waals surface area contributed by atoms with E-state index in [1.54, 1.807) is 18.3 Å². The van der Waals surface area contributed by atoms with Gasteiger partial charge in [-0.1, -0.05) is 26.2 Å². The molecule has 1 unspecified atom stereocenters. The fraction of sp³-hybridized carbons (Fsp3) is 1.00. The number of sulfonamides is 1. The van der Waals surface area contributed by atoms with Gasteiger partial charge in [-0.2, -0.15) is 0 Å². The van der Waals surface area contributed by atoms with E-state index in [1.807, 2.05) is 0 Å². The number of hydrogen-bond donors (Lipinski definition) is 1. The Labute approximate surface area is 119 Å². The highest BCUT2D eigenvalue weighted by atomic mass is 32.2. The SMILES string of the molecule is CCCNCC(C)S(=O)(=O)N(C)CC1CCCCC1. The summed E-state index contributed by atoms with van der Waals surface area (Å²) in [6, 6.07) is 0. The van der Waals surface area contributed by atoms with E-state index in [0.717, 1.165) is 13.0 Å². The van der Waals surface area contributed by atoms with Crippen molar-refractivity contribution in [3.63, 3.8) is 0 Å². The van der Waals surface area contributed by atoms with E-state index in [-0.39, 0.29) is 5.25 Å². The summed E-state index contributed by atoms with van der Waals surface area (Å²) in [6.07, 6.45) is 7.22. The van der Waals surface area contributed by atoms with Gasteiger partial charge in [0.25, 0.3) is 0 Å². The van der Waals surface area contributed by atoms with E-state index in [9.17, 15) is 8.42 Å². The second kappa shape index (κ2) is 8.22. The van der Waals surface area contributed by atoms with E-state index >= 15 is 0 Å². The van der Waals surface area contributed by atoms with E-state index < -0.39 is 10.0 Å². The van der Waals surface area contributed by atoms with Crippen molar-refractivity contribution in [3.8, 4) is 0 Å². The van der Waals surface area contributed by atoms with Gasteiger partial charge in [-0.3, -0.25) is 0 Å². The molecule has 1 atom stereocenters. The maximum absolute atomic E-state index is 12.4. The summed E-state index contributed by atoms with van der Waals surface area (Å²) >= 11 is 0. The smallest absolute Gasteiger partial charge is 0.217 e. The van der Waals surface area contributed by atoms with Crippen LogP contribution in [0.2, 0.25) is 0 Å². The molecule has 1 aliphatic carbocycles. The van der Waals surface area contributed by atoms with Gasteiger partial charge >= 0.3 is 0 Å². The molecule has 0 aliphatic heterocycles. The zero-order valence-corrected chi connectivity index (χ0v) is 13.5. The van der Waals surface area contributed by atoms with Gasteiger partial charge in [-0.15, -0.1) is 0 Å². The van der Waals surface area contributed by atoms with E-state index in [2.05, 4.69) is 12.2 Å². The first-order valence-electron chi connectivity index (χ1n) is 7.64. The summed E-state index contributed by atoms with van der Waals surface area (Å²) in [4.78, 5) is 0. The fourth-order valence-electron chi connectivity index (χ4n) is 2.73. The lowest BCUT2D eigenvalue weighted by Crippen LogP contribution is -2.42. The van der Waals surface area contributed by atoms with Gasteiger partial charge in [0.1, 0.15) is 0 Å². The molecule has 0 spiro atoms. The summed E-state index contributed by atoms with van der Waals surface area (Å²) in [5.41, 5.74) is 0. The van der Waals surface area contributed by atoms with Gasteiger partial charge in [-0.25, -0.2) is 12.7 Å². The van der Waals surface area contributed by atoms with Gasteiger partial charge in [0, 0.05) is 20.1 Å². The van der Waals surface area contributed by atoms with Crippen LogP contribution in [0, 0.1) is 5.92 Å². The third-order valence-electron chi connectivity index (χ3n) is 4.04. The average Bonchev–Trinajstić information content (AvgIpc) is 2.40. The molecule has 1 N–H and O–H groups in total. The Balaban J connectivity index is 2.45. The van der Waals surface area contributed by atoms with Crippen LogP contribution in [0.15, 0.2) is 0 Å². The monoisotopic (exact) mass is 290 g/mol. The molecular weight excluding hydrogens is 260 g/mol. The molecule has 0 aromatic heterocycles. The molecule has 1 fully saturated rings. The lowest BCUT2D eigenvalue weighted by molar-refractivity contribution is 0.298. The standard InChI is InChI=1S/C14H30N2O2S/c1-4-10-15-11-13(2)19(17,18)16(3)12-14-8-6-5-7-9-14/h13-15H,4-12H2,1-3H3. The molecule has 0 radical (unpaired) electrons. The topological polar surface area (TPSA) is 49.4 Å². The van der Waals surface area contributed by atoms with Crippen molar-refractivity contribution in [1.82, 2.24) is 9.62 Å². The second-order valence-corrected chi connectivity index (χ2v) is 8.30. The van der Waals surface area contributed by atoms with Crippen molar-refractivity contribution < 1.29 is 8.42 Å². The van der Waals surface area contributed by atoms with Crippen molar-refractivity contribution in [2.45, 2.75) is 57.6 Å². The Kier molecular flexibility index (Phi) is 7.32. The number of rotatable bonds is 8. The predicted molar refractivity (Wildman–Crippen MR) is 80.7 cm³/mol. The Morgan fingerprint density at radius 1 is 1.26 bits per heavy atom. The zero-order valence-electron chi connectivity index (χ0n) is 12.7. The summed E-state index contributed by atoms with van der Waals surface area (Å²) in [7, 11) is -1.41.